The molecular formula is C16H20N2O7. The van der Waals surface area contributed by atoms with Gasteiger partial charge in [0.1, 0.15) is 11.3 Å². The van der Waals surface area contributed by atoms with E-state index in [-0.39, 0.29) is 17.2 Å². The molecule has 0 aromatic heterocycles. The molecule has 1 fully saturated rings. The van der Waals surface area contributed by atoms with Crippen LogP contribution in [0.25, 0.3) is 0 Å². The van der Waals surface area contributed by atoms with E-state index in [0.29, 0.717) is 12.8 Å². The van der Waals surface area contributed by atoms with Gasteiger partial charge >= 0.3 is 11.7 Å². The van der Waals surface area contributed by atoms with E-state index in [9.17, 15) is 24.8 Å². The van der Waals surface area contributed by atoms with Gasteiger partial charge < -0.3 is 19.9 Å². The molecule has 1 aromatic carbocycles. The second-order valence-electron chi connectivity index (χ2n) is 5.88. The summed E-state index contributed by atoms with van der Waals surface area (Å²) in [7, 11) is 1.29. The molecule has 0 heterocycles. The molecule has 1 saturated carbocycles. The number of carboxylic acid groups (broad SMARTS) is 1. The minimum absolute atomic E-state index is 0.0113. The fourth-order valence-electron chi connectivity index (χ4n) is 2.90. The van der Waals surface area contributed by atoms with E-state index in [1.165, 1.54) is 25.3 Å². The summed E-state index contributed by atoms with van der Waals surface area (Å²) < 4.78 is 10.2. The molecular weight excluding hydrogens is 332 g/mol. The Kier molecular flexibility index (Phi) is 5.79. The van der Waals surface area contributed by atoms with E-state index in [0.717, 1.165) is 19.3 Å². The monoisotopic (exact) mass is 352 g/mol. The Morgan fingerprint density at radius 3 is 2.56 bits per heavy atom. The quantitative estimate of drug-likeness (QED) is 0.566. The average Bonchev–Trinajstić information content (AvgIpc) is 2.60. The van der Waals surface area contributed by atoms with E-state index in [1.54, 1.807) is 0 Å². The van der Waals surface area contributed by atoms with Crippen LogP contribution in [0.5, 0.6) is 11.5 Å². The second kappa shape index (κ2) is 7.82. The third-order valence-corrected chi connectivity index (χ3v) is 4.21. The molecule has 1 amide bonds. The molecule has 136 valence electrons. The normalized spacial score (nSPS) is 15.9. The molecule has 0 unspecified atom stereocenters. The number of nitro benzene ring substituents is 1. The Balaban J connectivity index is 1.99. The predicted molar refractivity (Wildman–Crippen MR) is 86.7 cm³/mol. The Morgan fingerprint density at radius 2 is 2.00 bits per heavy atom. The van der Waals surface area contributed by atoms with Crippen LogP contribution in [-0.2, 0) is 9.59 Å². The number of hydrogen-bond donors (Lipinski definition) is 2. The highest BCUT2D eigenvalue weighted by Gasteiger charge is 2.40. The molecule has 0 aliphatic heterocycles. The average molecular weight is 352 g/mol. The fraction of sp³-hybridized carbons (Fsp3) is 0.500. The topological polar surface area (TPSA) is 128 Å². The maximum Gasteiger partial charge on any atom is 0.329 e. The van der Waals surface area contributed by atoms with Gasteiger partial charge in [0.05, 0.1) is 12.0 Å². The number of ether oxygens (including phenoxy) is 2. The number of hydrogen-bond acceptors (Lipinski definition) is 6. The largest absolute Gasteiger partial charge is 0.490 e. The molecule has 0 atom stereocenters. The zero-order chi connectivity index (χ0) is 18.4. The van der Waals surface area contributed by atoms with Crippen molar-refractivity contribution in [1.82, 2.24) is 5.32 Å². The van der Waals surface area contributed by atoms with Crippen molar-refractivity contribution in [3.8, 4) is 11.5 Å². The highest BCUT2D eigenvalue weighted by molar-refractivity contribution is 5.87. The minimum Gasteiger partial charge on any atom is -0.490 e. The van der Waals surface area contributed by atoms with Crippen molar-refractivity contribution in [1.29, 1.82) is 0 Å². The van der Waals surface area contributed by atoms with E-state index in [2.05, 4.69) is 5.32 Å². The first kappa shape index (κ1) is 18.5. The molecule has 9 heteroatoms. The van der Waals surface area contributed by atoms with Gasteiger partial charge in [0, 0.05) is 12.1 Å². The van der Waals surface area contributed by atoms with E-state index < -0.39 is 28.9 Å². The van der Waals surface area contributed by atoms with Gasteiger partial charge in [-0.15, -0.1) is 0 Å². The second-order valence-corrected chi connectivity index (χ2v) is 5.88. The van der Waals surface area contributed by atoms with Crippen molar-refractivity contribution in [2.45, 2.75) is 37.6 Å². The van der Waals surface area contributed by atoms with Crippen molar-refractivity contribution in [2.24, 2.45) is 0 Å². The number of nitrogens with one attached hydrogen (secondary N) is 1. The molecule has 9 nitrogen and oxygen atoms in total. The minimum atomic E-state index is -1.24. The molecule has 2 rings (SSSR count). The first-order chi connectivity index (χ1) is 11.9. The summed E-state index contributed by atoms with van der Waals surface area (Å²) in [5.41, 5.74) is -1.46. The fourth-order valence-corrected chi connectivity index (χ4v) is 2.90. The first-order valence-corrected chi connectivity index (χ1v) is 7.87. The van der Waals surface area contributed by atoms with Crippen molar-refractivity contribution in [2.75, 3.05) is 13.7 Å². The number of carbonyl (C=O) groups is 2. The summed E-state index contributed by atoms with van der Waals surface area (Å²) in [4.78, 5) is 33.9. The lowest BCUT2D eigenvalue weighted by Crippen LogP contribution is -2.56. The number of nitro groups is 1. The van der Waals surface area contributed by atoms with Crippen LogP contribution in [0.4, 0.5) is 5.69 Å². The third-order valence-electron chi connectivity index (χ3n) is 4.21. The maximum atomic E-state index is 12.1. The lowest BCUT2D eigenvalue weighted by molar-refractivity contribution is -0.385. The van der Waals surface area contributed by atoms with Gasteiger partial charge in [0.2, 0.25) is 5.75 Å². The zero-order valence-corrected chi connectivity index (χ0v) is 13.8. The maximum absolute atomic E-state index is 12.1. The Morgan fingerprint density at radius 1 is 1.32 bits per heavy atom. The van der Waals surface area contributed by atoms with E-state index in [1.807, 2.05) is 0 Å². The molecule has 0 saturated heterocycles. The van der Waals surface area contributed by atoms with E-state index >= 15 is 0 Å². The van der Waals surface area contributed by atoms with Crippen LogP contribution in [0.1, 0.15) is 32.1 Å². The summed E-state index contributed by atoms with van der Waals surface area (Å²) in [6.07, 6.45) is 3.21. The van der Waals surface area contributed by atoms with Gasteiger partial charge in [-0.1, -0.05) is 19.3 Å². The standard InChI is InChI=1S/C16H20N2O7/c1-24-13-9-11(5-6-12(13)18(22)23)25-10-14(19)17-16(15(20)21)7-3-2-4-8-16/h5-6,9H,2-4,7-8,10H2,1H3,(H,17,19)(H,20,21). The molecule has 0 bridgehead atoms. The van der Waals surface area contributed by atoms with Crippen LogP contribution in [0, 0.1) is 10.1 Å². The van der Waals surface area contributed by atoms with Gasteiger partial charge in [-0.2, -0.15) is 0 Å². The van der Waals surface area contributed by atoms with Crippen LogP contribution in [0.15, 0.2) is 18.2 Å². The molecule has 25 heavy (non-hydrogen) atoms. The van der Waals surface area contributed by atoms with Crippen molar-refractivity contribution < 1.29 is 29.1 Å². The number of nitrogens with zero attached hydrogens (tertiary/aromatic N) is 1. The summed E-state index contributed by atoms with van der Waals surface area (Å²) in [6, 6.07) is 3.87. The Hall–Kier alpha value is -2.84. The Bertz CT molecular complexity index is 668. The summed E-state index contributed by atoms with van der Waals surface area (Å²) in [5.74, 6) is -1.37. The van der Waals surface area contributed by atoms with Gasteiger partial charge in [0.15, 0.2) is 6.61 Å². The highest BCUT2D eigenvalue weighted by Crippen LogP contribution is 2.31. The molecule has 2 N–H and O–H groups in total. The summed E-state index contributed by atoms with van der Waals surface area (Å²) in [6.45, 7) is -0.393. The van der Waals surface area contributed by atoms with Crippen LogP contribution >= 0.6 is 0 Å². The summed E-state index contributed by atoms with van der Waals surface area (Å²) >= 11 is 0. The van der Waals surface area contributed by atoms with Crippen LogP contribution in [-0.4, -0.2) is 41.2 Å². The lowest BCUT2D eigenvalue weighted by Gasteiger charge is -2.33. The molecule has 1 aliphatic rings. The smallest absolute Gasteiger partial charge is 0.329 e. The van der Waals surface area contributed by atoms with Crippen molar-refractivity contribution >= 4 is 17.6 Å². The molecule has 0 radical (unpaired) electrons. The highest BCUT2D eigenvalue weighted by atomic mass is 16.6. The number of rotatable bonds is 7. The van der Waals surface area contributed by atoms with Gasteiger partial charge in [0.25, 0.3) is 5.91 Å². The Labute approximate surface area is 144 Å². The van der Waals surface area contributed by atoms with Crippen LogP contribution in [0.2, 0.25) is 0 Å². The lowest BCUT2D eigenvalue weighted by atomic mass is 9.81. The van der Waals surface area contributed by atoms with Crippen LogP contribution < -0.4 is 14.8 Å². The SMILES string of the molecule is COc1cc(OCC(=O)NC2(C(=O)O)CCCCC2)ccc1[N+](=O)[O-]. The molecule has 1 aliphatic carbocycles. The van der Waals surface area contributed by atoms with E-state index in [4.69, 9.17) is 9.47 Å². The predicted octanol–water partition coefficient (Wildman–Crippen LogP) is 1.89. The number of aliphatic carboxylic acids is 1. The first-order valence-electron chi connectivity index (χ1n) is 7.87. The third kappa shape index (κ3) is 4.37. The number of carbonyl (C=O) groups excluding carboxylic acids is 1. The number of amides is 1. The summed E-state index contributed by atoms with van der Waals surface area (Å²) in [5, 5.41) is 22.8. The van der Waals surface area contributed by atoms with Crippen molar-refractivity contribution in [3.63, 3.8) is 0 Å². The number of benzene rings is 1. The van der Waals surface area contributed by atoms with Gasteiger partial charge in [-0.05, 0) is 18.9 Å². The molecule has 0 spiro atoms. The zero-order valence-electron chi connectivity index (χ0n) is 13.8. The van der Waals surface area contributed by atoms with Gasteiger partial charge in [-0.3, -0.25) is 14.9 Å². The van der Waals surface area contributed by atoms with Crippen LogP contribution in [0.3, 0.4) is 0 Å². The van der Waals surface area contributed by atoms with Gasteiger partial charge in [-0.25, -0.2) is 4.79 Å². The molecule has 1 aromatic rings. The number of carboxylic acids is 1. The number of methoxy groups -OCH3 is 1. The van der Waals surface area contributed by atoms with Crippen molar-refractivity contribution in [3.05, 3.63) is 28.3 Å².